The van der Waals surface area contributed by atoms with Gasteiger partial charge in [-0.3, -0.25) is 4.68 Å². The number of aryl methyl sites for hydroxylation is 1. The summed E-state index contributed by atoms with van der Waals surface area (Å²) in [7, 11) is 1.57. The highest BCUT2D eigenvalue weighted by molar-refractivity contribution is 5.18. The molecule has 1 atom stereocenters. The van der Waals surface area contributed by atoms with E-state index in [1.165, 1.54) is 4.68 Å². The first kappa shape index (κ1) is 11.4. The zero-order valence-electron chi connectivity index (χ0n) is 9.01. The van der Waals surface area contributed by atoms with Gasteiger partial charge in [0.1, 0.15) is 0 Å². The Balaban J connectivity index is 2.24. The molecule has 0 radical (unpaired) electrons. The maximum atomic E-state index is 12.5. The Kier molecular flexibility index (Phi) is 2.92. The van der Waals surface area contributed by atoms with Gasteiger partial charge in [0.2, 0.25) is 0 Å². The molecule has 3 nitrogen and oxygen atoms in total. The second kappa shape index (κ2) is 4.08. The molecule has 1 fully saturated rings. The molecule has 2 rings (SSSR count). The van der Waals surface area contributed by atoms with E-state index < -0.39 is 11.9 Å². The molecule has 1 unspecified atom stereocenters. The summed E-state index contributed by atoms with van der Waals surface area (Å²) in [4.78, 5) is 0. The number of nitrogens with zero attached hydrogens (tertiary/aromatic N) is 2. The van der Waals surface area contributed by atoms with E-state index in [9.17, 15) is 13.2 Å². The Bertz CT molecular complexity index is 364. The molecule has 0 saturated carbocycles. The van der Waals surface area contributed by atoms with Crippen LogP contribution in [0.5, 0.6) is 0 Å². The topological polar surface area (TPSA) is 29.9 Å². The van der Waals surface area contributed by atoms with Gasteiger partial charge < -0.3 is 5.32 Å². The fourth-order valence-electron chi connectivity index (χ4n) is 2.11. The molecule has 1 aromatic rings. The molecule has 1 aliphatic heterocycles. The molecule has 0 spiro atoms. The van der Waals surface area contributed by atoms with E-state index in [-0.39, 0.29) is 5.92 Å². The molecule has 0 aromatic carbocycles. The van der Waals surface area contributed by atoms with Crippen LogP contribution in [0.4, 0.5) is 13.2 Å². The molecule has 1 saturated heterocycles. The number of hydrogen-bond acceptors (Lipinski definition) is 2. The summed E-state index contributed by atoms with van der Waals surface area (Å²) in [6.07, 6.45) is -2.43. The summed E-state index contributed by atoms with van der Waals surface area (Å²) in [6, 6.07) is 1.16. The van der Waals surface area contributed by atoms with Gasteiger partial charge in [0, 0.05) is 25.2 Å². The maximum Gasteiger partial charge on any atom is 0.435 e. The van der Waals surface area contributed by atoms with Crippen molar-refractivity contribution in [3.63, 3.8) is 0 Å². The molecule has 0 aliphatic carbocycles. The van der Waals surface area contributed by atoms with Crippen LogP contribution in [0.1, 0.15) is 30.1 Å². The van der Waals surface area contributed by atoms with E-state index in [2.05, 4.69) is 10.4 Å². The fourth-order valence-corrected chi connectivity index (χ4v) is 2.11. The third kappa shape index (κ3) is 2.21. The van der Waals surface area contributed by atoms with Crippen molar-refractivity contribution in [3.8, 4) is 0 Å². The molecule has 16 heavy (non-hydrogen) atoms. The van der Waals surface area contributed by atoms with Crippen LogP contribution in [0.15, 0.2) is 6.07 Å². The van der Waals surface area contributed by atoms with Gasteiger partial charge in [-0.05, 0) is 25.5 Å². The summed E-state index contributed by atoms with van der Waals surface area (Å²) >= 11 is 0. The Morgan fingerprint density at radius 1 is 1.50 bits per heavy atom. The van der Waals surface area contributed by atoms with E-state index >= 15 is 0 Å². The van der Waals surface area contributed by atoms with Gasteiger partial charge >= 0.3 is 6.18 Å². The van der Waals surface area contributed by atoms with Crippen LogP contribution >= 0.6 is 0 Å². The minimum Gasteiger partial charge on any atom is -0.316 e. The van der Waals surface area contributed by atoms with Gasteiger partial charge in [-0.25, -0.2) is 0 Å². The molecule has 90 valence electrons. The van der Waals surface area contributed by atoms with Gasteiger partial charge in [0.05, 0.1) is 0 Å². The summed E-state index contributed by atoms with van der Waals surface area (Å²) in [6.45, 7) is 1.68. The highest BCUT2D eigenvalue weighted by atomic mass is 19.4. The SMILES string of the molecule is Cn1nc(C(F)(F)F)cc1C1CCCNC1. The zero-order valence-corrected chi connectivity index (χ0v) is 9.01. The second-order valence-electron chi connectivity index (χ2n) is 4.12. The van der Waals surface area contributed by atoms with Crippen LogP contribution in [0.2, 0.25) is 0 Å². The highest BCUT2D eigenvalue weighted by Crippen LogP contribution is 2.31. The van der Waals surface area contributed by atoms with Crippen LogP contribution in [0.25, 0.3) is 0 Å². The first-order chi connectivity index (χ1) is 7.48. The van der Waals surface area contributed by atoms with Crippen molar-refractivity contribution in [3.05, 3.63) is 17.5 Å². The van der Waals surface area contributed by atoms with E-state index in [0.29, 0.717) is 5.69 Å². The molecule has 0 bridgehead atoms. The largest absolute Gasteiger partial charge is 0.435 e. The van der Waals surface area contributed by atoms with Gasteiger partial charge in [-0.1, -0.05) is 0 Å². The van der Waals surface area contributed by atoms with Crippen molar-refractivity contribution in [2.45, 2.75) is 24.9 Å². The molecule has 6 heteroatoms. The molecular weight excluding hydrogens is 219 g/mol. The van der Waals surface area contributed by atoms with E-state index in [4.69, 9.17) is 0 Å². The van der Waals surface area contributed by atoms with Crippen LogP contribution in [0.3, 0.4) is 0 Å². The zero-order chi connectivity index (χ0) is 11.8. The van der Waals surface area contributed by atoms with Crippen LogP contribution in [-0.2, 0) is 13.2 Å². The molecule has 0 amide bonds. The average molecular weight is 233 g/mol. The Morgan fingerprint density at radius 3 is 2.75 bits per heavy atom. The minimum atomic E-state index is -4.35. The summed E-state index contributed by atoms with van der Waals surface area (Å²) in [5, 5.41) is 6.71. The molecule has 1 N–H and O–H groups in total. The Labute approximate surface area is 91.6 Å². The van der Waals surface area contributed by atoms with Crippen LogP contribution < -0.4 is 5.32 Å². The Morgan fingerprint density at radius 2 is 2.25 bits per heavy atom. The maximum absolute atomic E-state index is 12.5. The number of nitrogens with one attached hydrogen (secondary N) is 1. The number of alkyl halides is 3. The van der Waals surface area contributed by atoms with Crippen molar-refractivity contribution in [1.82, 2.24) is 15.1 Å². The van der Waals surface area contributed by atoms with Crippen molar-refractivity contribution < 1.29 is 13.2 Å². The number of hydrogen-bond donors (Lipinski definition) is 1. The number of aromatic nitrogens is 2. The summed E-state index contributed by atoms with van der Waals surface area (Å²) < 4.78 is 38.7. The monoisotopic (exact) mass is 233 g/mol. The highest BCUT2D eigenvalue weighted by Gasteiger charge is 2.35. The smallest absolute Gasteiger partial charge is 0.316 e. The predicted molar refractivity (Wildman–Crippen MR) is 53.1 cm³/mol. The number of piperidine rings is 1. The van der Waals surface area contributed by atoms with E-state index in [0.717, 1.165) is 32.0 Å². The second-order valence-corrected chi connectivity index (χ2v) is 4.12. The normalized spacial score (nSPS) is 22.4. The predicted octanol–water partition coefficient (Wildman–Crippen LogP) is 1.91. The number of halogens is 3. The quantitative estimate of drug-likeness (QED) is 0.803. The standard InChI is InChI=1S/C10H14F3N3/c1-16-8(7-3-2-4-14-6-7)5-9(15-16)10(11,12)13/h5,7,14H,2-4,6H2,1H3. The van der Waals surface area contributed by atoms with Crippen LogP contribution in [-0.4, -0.2) is 22.9 Å². The molecular formula is C10H14F3N3. The minimum absolute atomic E-state index is 0.141. The van der Waals surface area contributed by atoms with Gasteiger partial charge in [-0.2, -0.15) is 18.3 Å². The molecule has 1 aromatic heterocycles. The van der Waals surface area contributed by atoms with Crippen molar-refractivity contribution in [1.29, 1.82) is 0 Å². The van der Waals surface area contributed by atoms with Crippen molar-refractivity contribution in [2.24, 2.45) is 7.05 Å². The summed E-state index contributed by atoms with van der Waals surface area (Å²) in [5.74, 6) is 0.141. The van der Waals surface area contributed by atoms with Crippen LogP contribution in [0, 0.1) is 0 Å². The third-order valence-corrected chi connectivity index (χ3v) is 2.92. The van der Waals surface area contributed by atoms with Gasteiger partial charge in [-0.15, -0.1) is 0 Å². The lowest BCUT2D eigenvalue weighted by atomic mass is 9.96. The lowest BCUT2D eigenvalue weighted by Gasteiger charge is -2.22. The Hall–Kier alpha value is -1.04. The van der Waals surface area contributed by atoms with Crippen molar-refractivity contribution >= 4 is 0 Å². The first-order valence-corrected chi connectivity index (χ1v) is 5.30. The van der Waals surface area contributed by atoms with Crippen molar-refractivity contribution in [2.75, 3.05) is 13.1 Å². The van der Waals surface area contributed by atoms with Gasteiger partial charge in [0.25, 0.3) is 0 Å². The molecule has 2 heterocycles. The lowest BCUT2D eigenvalue weighted by molar-refractivity contribution is -0.141. The molecule has 1 aliphatic rings. The summed E-state index contributed by atoms with van der Waals surface area (Å²) in [5.41, 5.74) is -0.130. The van der Waals surface area contributed by atoms with E-state index in [1.54, 1.807) is 7.05 Å². The fraction of sp³-hybridized carbons (Fsp3) is 0.700. The lowest BCUT2D eigenvalue weighted by Crippen LogP contribution is -2.29. The average Bonchev–Trinajstić information content (AvgIpc) is 2.61. The van der Waals surface area contributed by atoms with E-state index in [1.807, 2.05) is 0 Å². The first-order valence-electron chi connectivity index (χ1n) is 5.30. The number of rotatable bonds is 1. The van der Waals surface area contributed by atoms with Gasteiger partial charge in [0.15, 0.2) is 5.69 Å². The third-order valence-electron chi connectivity index (χ3n) is 2.92.